The summed E-state index contributed by atoms with van der Waals surface area (Å²) in [5, 5.41) is 2.69. The minimum Gasteiger partial charge on any atom is -0.357 e. The zero-order valence-electron chi connectivity index (χ0n) is 13.6. The van der Waals surface area contributed by atoms with Crippen LogP contribution in [0.2, 0.25) is 0 Å². The largest absolute Gasteiger partial charge is 0.357 e. The number of hydrogen-bond acceptors (Lipinski definition) is 3. The van der Waals surface area contributed by atoms with Crippen molar-refractivity contribution in [2.75, 3.05) is 20.1 Å². The van der Waals surface area contributed by atoms with Crippen molar-refractivity contribution < 1.29 is 9.59 Å². The van der Waals surface area contributed by atoms with Gasteiger partial charge in [-0.05, 0) is 44.1 Å². The molecule has 0 aromatic heterocycles. The number of likely N-dealkylation sites (N-methyl/N-ethyl adjacent to an activating group) is 1. The Morgan fingerprint density at radius 1 is 1.18 bits per heavy atom. The number of nitrogens with two attached hydrogens (primary N) is 1. The number of carbonyl (C=O) groups is 2. The van der Waals surface area contributed by atoms with Gasteiger partial charge in [-0.2, -0.15) is 0 Å². The highest BCUT2D eigenvalue weighted by Crippen LogP contribution is 2.39. The Labute approximate surface area is 139 Å². The highest BCUT2D eigenvalue weighted by molar-refractivity contribution is 5.88. The first-order valence-electron chi connectivity index (χ1n) is 8.33. The van der Waals surface area contributed by atoms with Gasteiger partial charge in [0.05, 0.1) is 0 Å². The summed E-state index contributed by atoms with van der Waals surface area (Å²) in [6, 6.07) is -0.283. The van der Waals surface area contributed by atoms with Gasteiger partial charge in [-0.25, -0.2) is 0 Å². The van der Waals surface area contributed by atoms with E-state index < -0.39 is 0 Å². The van der Waals surface area contributed by atoms with E-state index in [0.29, 0.717) is 19.5 Å². The number of rotatable bonds is 4. The average molecular weight is 332 g/mol. The molecule has 0 aromatic rings. The molecule has 2 fully saturated rings. The van der Waals surface area contributed by atoms with Crippen molar-refractivity contribution >= 4 is 24.2 Å². The smallest absolute Gasteiger partial charge is 0.242 e. The van der Waals surface area contributed by atoms with Gasteiger partial charge in [-0.3, -0.25) is 9.59 Å². The number of piperidine rings is 1. The molecule has 1 saturated carbocycles. The monoisotopic (exact) mass is 331 g/mol. The average Bonchev–Trinajstić information content (AvgIpc) is 2.55. The molecule has 2 rings (SSSR count). The fourth-order valence-corrected chi connectivity index (χ4v) is 3.85. The van der Waals surface area contributed by atoms with Crippen LogP contribution in [0.3, 0.4) is 0 Å². The van der Waals surface area contributed by atoms with Crippen molar-refractivity contribution in [3.05, 3.63) is 0 Å². The second kappa shape index (κ2) is 8.73. The summed E-state index contributed by atoms with van der Waals surface area (Å²) in [5.41, 5.74) is 5.96. The summed E-state index contributed by atoms with van der Waals surface area (Å²) in [4.78, 5) is 26.5. The lowest BCUT2D eigenvalue weighted by Gasteiger charge is -2.40. The SMILES string of the molecule is CNC(=O)C1CCCCN1C(=O)CC1(CN)CCCCC1.Cl. The Kier molecular flexibility index (Phi) is 7.63. The molecule has 128 valence electrons. The molecule has 1 unspecified atom stereocenters. The molecule has 0 spiro atoms. The Bertz CT molecular complexity index is 384. The van der Waals surface area contributed by atoms with Crippen LogP contribution in [0.4, 0.5) is 0 Å². The fraction of sp³-hybridized carbons (Fsp3) is 0.875. The predicted octanol–water partition coefficient (Wildman–Crippen LogP) is 1.83. The first-order valence-corrected chi connectivity index (χ1v) is 8.33. The number of nitrogens with zero attached hydrogens (tertiary/aromatic N) is 1. The number of carbonyl (C=O) groups excluding carboxylic acids is 2. The Hall–Kier alpha value is -0.810. The molecule has 6 heteroatoms. The minimum absolute atomic E-state index is 0. The van der Waals surface area contributed by atoms with Crippen LogP contribution in [-0.2, 0) is 9.59 Å². The third-order valence-corrected chi connectivity index (χ3v) is 5.25. The van der Waals surface area contributed by atoms with E-state index in [1.54, 1.807) is 11.9 Å². The van der Waals surface area contributed by atoms with Crippen molar-refractivity contribution in [2.45, 2.75) is 63.8 Å². The van der Waals surface area contributed by atoms with Crippen molar-refractivity contribution in [1.82, 2.24) is 10.2 Å². The van der Waals surface area contributed by atoms with Gasteiger partial charge >= 0.3 is 0 Å². The van der Waals surface area contributed by atoms with Crippen LogP contribution in [0.1, 0.15) is 57.8 Å². The molecule has 0 radical (unpaired) electrons. The third-order valence-electron chi connectivity index (χ3n) is 5.25. The molecule has 1 atom stereocenters. The van der Waals surface area contributed by atoms with Gasteiger partial charge in [0, 0.05) is 20.0 Å². The topological polar surface area (TPSA) is 75.4 Å². The zero-order chi connectivity index (χ0) is 15.3. The van der Waals surface area contributed by atoms with Gasteiger partial charge in [-0.15, -0.1) is 12.4 Å². The van der Waals surface area contributed by atoms with Crippen LogP contribution in [0.5, 0.6) is 0 Å². The standard InChI is InChI=1S/C16H29N3O2.ClH/c1-18-15(21)13-7-3-6-10-19(13)14(20)11-16(12-17)8-4-2-5-9-16;/h13H,2-12,17H2,1H3,(H,18,21);1H. The van der Waals surface area contributed by atoms with E-state index in [-0.39, 0.29) is 35.7 Å². The highest BCUT2D eigenvalue weighted by atomic mass is 35.5. The lowest BCUT2D eigenvalue weighted by atomic mass is 9.71. The minimum atomic E-state index is -0.283. The Morgan fingerprint density at radius 3 is 2.45 bits per heavy atom. The second-order valence-corrected chi connectivity index (χ2v) is 6.65. The van der Waals surface area contributed by atoms with Gasteiger partial charge in [0.1, 0.15) is 6.04 Å². The summed E-state index contributed by atoms with van der Waals surface area (Å²) in [7, 11) is 1.64. The molecular formula is C16H30ClN3O2. The molecule has 22 heavy (non-hydrogen) atoms. The first-order chi connectivity index (χ1) is 10.1. The van der Waals surface area contributed by atoms with Gasteiger partial charge in [-0.1, -0.05) is 19.3 Å². The highest BCUT2D eigenvalue weighted by Gasteiger charge is 2.38. The van der Waals surface area contributed by atoms with Crippen LogP contribution in [-0.4, -0.2) is 42.9 Å². The number of likely N-dealkylation sites (tertiary alicyclic amines) is 1. The van der Waals surface area contributed by atoms with Crippen LogP contribution < -0.4 is 11.1 Å². The third kappa shape index (κ3) is 4.35. The van der Waals surface area contributed by atoms with Crippen molar-refractivity contribution in [1.29, 1.82) is 0 Å². The maximum absolute atomic E-state index is 12.8. The molecule has 2 amide bonds. The second-order valence-electron chi connectivity index (χ2n) is 6.65. The molecule has 2 aliphatic rings. The van der Waals surface area contributed by atoms with Crippen molar-refractivity contribution in [3.63, 3.8) is 0 Å². The number of hydrogen-bond donors (Lipinski definition) is 2. The molecule has 5 nitrogen and oxygen atoms in total. The summed E-state index contributed by atoms with van der Waals surface area (Å²) >= 11 is 0. The normalized spacial score (nSPS) is 24.3. The molecule has 0 aromatic carbocycles. The molecule has 0 bridgehead atoms. The molecule has 1 aliphatic heterocycles. The van der Waals surface area contributed by atoms with Crippen LogP contribution >= 0.6 is 12.4 Å². The van der Waals surface area contributed by atoms with Crippen LogP contribution in [0, 0.1) is 5.41 Å². The zero-order valence-corrected chi connectivity index (χ0v) is 14.4. The molecular weight excluding hydrogens is 302 g/mol. The molecule has 3 N–H and O–H groups in total. The van der Waals surface area contributed by atoms with E-state index in [1.807, 2.05) is 0 Å². The van der Waals surface area contributed by atoms with E-state index in [0.717, 1.165) is 32.1 Å². The number of halogens is 1. The quantitative estimate of drug-likeness (QED) is 0.825. The lowest BCUT2D eigenvalue weighted by molar-refractivity contribution is -0.144. The van der Waals surface area contributed by atoms with Crippen molar-refractivity contribution in [2.24, 2.45) is 11.1 Å². The molecule has 1 saturated heterocycles. The van der Waals surface area contributed by atoms with E-state index in [1.165, 1.54) is 19.3 Å². The summed E-state index contributed by atoms with van der Waals surface area (Å²) < 4.78 is 0. The van der Waals surface area contributed by atoms with Gasteiger partial charge in [0.25, 0.3) is 0 Å². The van der Waals surface area contributed by atoms with E-state index in [2.05, 4.69) is 5.32 Å². The number of nitrogens with one attached hydrogen (secondary N) is 1. The predicted molar refractivity (Wildman–Crippen MR) is 89.9 cm³/mol. The van der Waals surface area contributed by atoms with Crippen LogP contribution in [0.15, 0.2) is 0 Å². The summed E-state index contributed by atoms with van der Waals surface area (Å²) in [5.74, 6) is 0.0872. The van der Waals surface area contributed by atoms with Crippen LogP contribution in [0.25, 0.3) is 0 Å². The summed E-state index contributed by atoms with van der Waals surface area (Å²) in [6.45, 7) is 1.29. The summed E-state index contributed by atoms with van der Waals surface area (Å²) in [6.07, 6.45) is 8.99. The maximum Gasteiger partial charge on any atom is 0.242 e. The fourth-order valence-electron chi connectivity index (χ4n) is 3.85. The Balaban J connectivity index is 0.00000242. The maximum atomic E-state index is 12.8. The van der Waals surface area contributed by atoms with Gasteiger partial charge < -0.3 is 16.0 Å². The first kappa shape index (κ1) is 19.2. The Morgan fingerprint density at radius 2 is 1.86 bits per heavy atom. The van der Waals surface area contributed by atoms with E-state index in [4.69, 9.17) is 5.73 Å². The van der Waals surface area contributed by atoms with Crippen molar-refractivity contribution in [3.8, 4) is 0 Å². The lowest BCUT2D eigenvalue weighted by Crippen LogP contribution is -2.52. The molecule has 1 heterocycles. The molecule has 1 aliphatic carbocycles. The van der Waals surface area contributed by atoms with Gasteiger partial charge in [0.2, 0.25) is 11.8 Å². The number of amides is 2. The van der Waals surface area contributed by atoms with E-state index >= 15 is 0 Å². The van der Waals surface area contributed by atoms with E-state index in [9.17, 15) is 9.59 Å². The van der Waals surface area contributed by atoms with Gasteiger partial charge in [0.15, 0.2) is 0 Å².